The van der Waals surface area contributed by atoms with Crippen molar-refractivity contribution in [2.45, 2.75) is 25.2 Å². The van der Waals surface area contributed by atoms with Crippen molar-refractivity contribution in [2.75, 3.05) is 13.1 Å². The van der Waals surface area contributed by atoms with Crippen LogP contribution in [0.5, 0.6) is 0 Å². The first-order valence-corrected chi connectivity index (χ1v) is 10.2. The fraction of sp³-hybridized carbons (Fsp3) is 0.240. The van der Waals surface area contributed by atoms with Gasteiger partial charge in [-0.05, 0) is 28.8 Å². The van der Waals surface area contributed by atoms with E-state index in [0.717, 1.165) is 22.4 Å². The monoisotopic (exact) mass is 404 g/mol. The minimum Gasteiger partial charge on any atom is -0.390 e. The summed E-state index contributed by atoms with van der Waals surface area (Å²) < 4.78 is 13.3. The molecule has 0 aliphatic carbocycles. The van der Waals surface area contributed by atoms with Crippen molar-refractivity contribution >= 4 is 5.71 Å². The standard InChI is InChI=1S/C25H25FN2O2/c26-22-13-11-19(12-14-22)16-28(18-25(29)21-9-5-2-6-10-21)17-23-15-24(27-30-23)20-7-3-1-4-8-20/h1-14,23,25,29H,15-18H2. The van der Waals surface area contributed by atoms with Gasteiger partial charge in [0.2, 0.25) is 0 Å². The lowest BCUT2D eigenvalue weighted by Crippen LogP contribution is -2.35. The molecule has 30 heavy (non-hydrogen) atoms. The van der Waals surface area contributed by atoms with E-state index in [9.17, 15) is 9.50 Å². The van der Waals surface area contributed by atoms with Gasteiger partial charge in [0.25, 0.3) is 0 Å². The molecule has 2 unspecified atom stereocenters. The van der Waals surface area contributed by atoms with E-state index in [2.05, 4.69) is 10.1 Å². The molecule has 5 heteroatoms. The lowest BCUT2D eigenvalue weighted by molar-refractivity contribution is 0.0318. The number of aliphatic hydroxyl groups is 1. The van der Waals surface area contributed by atoms with Gasteiger partial charge in [0, 0.05) is 26.1 Å². The van der Waals surface area contributed by atoms with Crippen molar-refractivity contribution in [3.8, 4) is 0 Å². The van der Waals surface area contributed by atoms with Crippen LogP contribution in [0.3, 0.4) is 0 Å². The molecule has 1 heterocycles. The molecule has 4 rings (SSSR count). The van der Waals surface area contributed by atoms with Gasteiger partial charge >= 0.3 is 0 Å². The summed E-state index contributed by atoms with van der Waals surface area (Å²) in [6.45, 7) is 1.65. The number of rotatable bonds is 8. The molecule has 0 aromatic heterocycles. The second-order valence-corrected chi connectivity index (χ2v) is 7.58. The normalized spacial score (nSPS) is 16.9. The van der Waals surface area contributed by atoms with Crippen LogP contribution in [-0.4, -0.2) is 34.9 Å². The number of hydrogen-bond donors (Lipinski definition) is 1. The van der Waals surface area contributed by atoms with Crippen molar-refractivity contribution in [3.63, 3.8) is 0 Å². The molecule has 1 aliphatic heterocycles. The van der Waals surface area contributed by atoms with Crippen molar-refractivity contribution in [3.05, 3.63) is 107 Å². The third-order valence-corrected chi connectivity index (χ3v) is 5.24. The summed E-state index contributed by atoms with van der Waals surface area (Å²) in [4.78, 5) is 7.84. The molecule has 154 valence electrons. The lowest BCUT2D eigenvalue weighted by Gasteiger charge is -2.27. The highest BCUT2D eigenvalue weighted by molar-refractivity contribution is 6.01. The maximum atomic E-state index is 13.3. The first-order chi connectivity index (χ1) is 14.7. The van der Waals surface area contributed by atoms with E-state index in [0.29, 0.717) is 26.1 Å². The highest BCUT2D eigenvalue weighted by atomic mass is 19.1. The van der Waals surface area contributed by atoms with Gasteiger partial charge in [0.05, 0.1) is 11.8 Å². The van der Waals surface area contributed by atoms with Crippen LogP contribution in [0, 0.1) is 5.82 Å². The summed E-state index contributed by atoms with van der Waals surface area (Å²) in [5.74, 6) is -0.255. The Morgan fingerprint density at radius 2 is 1.63 bits per heavy atom. The molecule has 4 nitrogen and oxygen atoms in total. The quantitative estimate of drug-likeness (QED) is 0.599. The third-order valence-electron chi connectivity index (χ3n) is 5.24. The second kappa shape index (κ2) is 9.65. The minimum absolute atomic E-state index is 0.0939. The zero-order valence-electron chi connectivity index (χ0n) is 16.7. The molecule has 0 saturated heterocycles. The van der Waals surface area contributed by atoms with Gasteiger partial charge in [-0.3, -0.25) is 4.90 Å². The average Bonchev–Trinajstić information content (AvgIpc) is 3.25. The van der Waals surface area contributed by atoms with Gasteiger partial charge in [0.1, 0.15) is 11.9 Å². The smallest absolute Gasteiger partial charge is 0.145 e. The van der Waals surface area contributed by atoms with E-state index >= 15 is 0 Å². The van der Waals surface area contributed by atoms with Gasteiger partial charge in [-0.15, -0.1) is 0 Å². The second-order valence-electron chi connectivity index (χ2n) is 7.58. The SMILES string of the molecule is OC(CN(Cc1ccc(F)cc1)CC1CC(c2ccccc2)=NO1)c1ccccc1. The zero-order valence-corrected chi connectivity index (χ0v) is 16.7. The number of hydrogen-bond acceptors (Lipinski definition) is 4. The first-order valence-electron chi connectivity index (χ1n) is 10.2. The number of halogens is 1. The van der Waals surface area contributed by atoms with Crippen LogP contribution in [0.2, 0.25) is 0 Å². The fourth-order valence-corrected chi connectivity index (χ4v) is 3.69. The minimum atomic E-state index is -0.623. The Morgan fingerprint density at radius 3 is 2.33 bits per heavy atom. The fourth-order valence-electron chi connectivity index (χ4n) is 3.69. The Bertz CT molecular complexity index is 961. The zero-order chi connectivity index (χ0) is 20.8. The molecule has 3 aromatic carbocycles. The Labute approximate surface area is 176 Å². The van der Waals surface area contributed by atoms with Crippen LogP contribution in [0.15, 0.2) is 90.1 Å². The predicted octanol–water partition coefficient (Wildman–Crippen LogP) is 4.55. The summed E-state index contributed by atoms with van der Waals surface area (Å²) in [6, 6.07) is 26.1. The van der Waals surface area contributed by atoms with Crippen molar-refractivity contribution in [1.29, 1.82) is 0 Å². The molecule has 0 amide bonds. The lowest BCUT2D eigenvalue weighted by atomic mass is 10.0. The summed E-state index contributed by atoms with van der Waals surface area (Å²) in [6.07, 6.45) is -0.00284. The van der Waals surface area contributed by atoms with Gasteiger partial charge in [0.15, 0.2) is 0 Å². The topological polar surface area (TPSA) is 45.1 Å². The number of aliphatic hydroxyl groups excluding tert-OH is 1. The van der Waals surface area contributed by atoms with E-state index in [1.807, 2.05) is 60.7 Å². The molecular formula is C25H25FN2O2. The van der Waals surface area contributed by atoms with Crippen LogP contribution in [0.4, 0.5) is 4.39 Å². The molecular weight excluding hydrogens is 379 g/mol. The molecule has 1 aliphatic rings. The van der Waals surface area contributed by atoms with E-state index in [1.54, 1.807) is 12.1 Å². The largest absolute Gasteiger partial charge is 0.390 e. The maximum Gasteiger partial charge on any atom is 0.145 e. The number of nitrogens with zero attached hydrogens (tertiary/aromatic N) is 2. The molecule has 3 aromatic rings. The highest BCUT2D eigenvalue weighted by Crippen LogP contribution is 2.21. The van der Waals surface area contributed by atoms with Crippen LogP contribution < -0.4 is 0 Å². The molecule has 0 saturated carbocycles. The number of oxime groups is 1. The van der Waals surface area contributed by atoms with Crippen molar-refractivity contribution in [1.82, 2.24) is 4.90 Å². The molecule has 0 bridgehead atoms. The van der Waals surface area contributed by atoms with Crippen LogP contribution in [0.25, 0.3) is 0 Å². The Balaban J connectivity index is 1.44. The maximum absolute atomic E-state index is 13.3. The van der Waals surface area contributed by atoms with E-state index in [1.165, 1.54) is 12.1 Å². The Kier molecular flexibility index (Phi) is 6.52. The van der Waals surface area contributed by atoms with E-state index < -0.39 is 6.10 Å². The van der Waals surface area contributed by atoms with Gasteiger partial charge in [-0.25, -0.2) is 4.39 Å². The first kappa shape index (κ1) is 20.3. The van der Waals surface area contributed by atoms with E-state index in [-0.39, 0.29) is 11.9 Å². The van der Waals surface area contributed by atoms with Crippen LogP contribution in [-0.2, 0) is 11.4 Å². The predicted molar refractivity (Wildman–Crippen MR) is 116 cm³/mol. The van der Waals surface area contributed by atoms with Crippen molar-refractivity contribution in [2.24, 2.45) is 5.16 Å². The molecule has 1 N–H and O–H groups in total. The summed E-state index contributed by atoms with van der Waals surface area (Å²) in [5, 5.41) is 15.0. The Hall–Kier alpha value is -3.02. The summed E-state index contributed by atoms with van der Waals surface area (Å²) >= 11 is 0. The molecule has 0 fully saturated rings. The summed E-state index contributed by atoms with van der Waals surface area (Å²) in [5.41, 5.74) is 3.86. The highest BCUT2D eigenvalue weighted by Gasteiger charge is 2.26. The van der Waals surface area contributed by atoms with Gasteiger partial charge in [-0.1, -0.05) is 78.0 Å². The summed E-state index contributed by atoms with van der Waals surface area (Å²) in [7, 11) is 0. The van der Waals surface area contributed by atoms with Gasteiger partial charge < -0.3 is 9.94 Å². The molecule has 0 radical (unpaired) electrons. The molecule has 0 spiro atoms. The van der Waals surface area contributed by atoms with Crippen LogP contribution >= 0.6 is 0 Å². The number of benzene rings is 3. The van der Waals surface area contributed by atoms with E-state index in [4.69, 9.17) is 4.84 Å². The third kappa shape index (κ3) is 5.32. The van der Waals surface area contributed by atoms with Crippen molar-refractivity contribution < 1.29 is 14.3 Å². The Morgan fingerprint density at radius 1 is 0.967 bits per heavy atom. The average molecular weight is 404 g/mol. The molecule has 2 atom stereocenters. The van der Waals surface area contributed by atoms with Crippen LogP contribution in [0.1, 0.15) is 29.2 Å². The van der Waals surface area contributed by atoms with Gasteiger partial charge in [-0.2, -0.15) is 0 Å².